The molecule has 3 rings (SSSR count). The minimum atomic E-state index is -0.733. The van der Waals surface area contributed by atoms with Crippen molar-refractivity contribution in [2.24, 2.45) is 10.7 Å². The van der Waals surface area contributed by atoms with Crippen LogP contribution in [0.15, 0.2) is 52.3 Å². The van der Waals surface area contributed by atoms with Crippen molar-refractivity contribution in [3.05, 3.63) is 70.0 Å². The fourth-order valence-corrected chi connectivity index (χ4v) is 3.10. The maximum atomic E-state index is 13.2. The largest absolute Gasteiger partial charge is 0.457 e. The number of aromatic nitrogens is 1. The average molecular weight is 406 g/mol. The fourth-order valence-electron chi connectivity index (χ4n) is 2.33. The van der Waals surface area contributed by atoms with Crippen molar-refractivity contribution >= 4 is 28.1 Å². The lowest BCUT2D eigenvalue weighted by Crippen LogP contribution is -2.22. The Kier molecular flexibility index (Phi) is 6.02. The maximum absolute atomic E-state index is 13.2. The Balaban J connectivity index is 1.76. The normalized spacial score (nSPS) is 11.5. The molecule has 0 unspecified atom stereocenters. The Morgan fingerprint density at radius 1 is 1.18 bits per heavy atom. The van der Waals surface area contributed by atoms with E-state index in [-0.39, 0.29) is 35.9 Å². The summed E-state index contributed by atoms with van der Waals surface area (Å²) in [5, 5.41) is 12.3. The second-order valence-electron chi connectivity index (χ2n) is 5.58. The number of nitrogens with two attached hydrogens (primary N) is 1. The highest BCUT2D eigenvalue weighted by molar-refractivity contribution is 7.10. The number of anilines is 2. The molecule has 0 amide bonds. The molecule has 0 aliphatic carbocycles. The van der Waals surface area contributed by atoms with Crippen LogP contribution in [0.3, 0.4) is 0 Å². The number of aliphatic imine (C=N–C) groups is 1. The van der Waals surface area contributed by atoms with Crippen LogP contribution >= 0.6 is 11.5 Å². The topological polar surface area (TPSA) is 113 Å². The van der Waals surface area contributed by atoms with Crippen LogP contribution < -0.4 is 21.3 Å². The van der Waals surface area contributed by atoms with E-state index in [1.54, 1.807) is 24.3 Å². The predicted molar refractivity (Wildman–Crippen MR) is 104 cm³/mol. The van der Waals surface area contributed by atoms with Gasteiger partial charge in [0.25, 0.3) is 5.56 Å². The molecule has 7 nitrogen and oxygen atoms in total. The third-order valence-corrected chi connectivity index (χ3v) is 4.32. The van der Waals surface area contributed by atoms with Gasteiger partial charge < -0.3 is 20.9 Å². The van der Waals surface area contributed by atoms with E-state index in [1.165, 1.54) is 0 Å². The smallest absolute Gasteiger partial charge is 0.271 e. The van der Waals surface area contributed by atoms with Gasteiger partial charge in [0.1, 0.15) is 39.5 Å². The Bertz CT molecular complexity index is 1030. The molecule has 0 radical (unpaired) electrons. The molecule has 0 aliphatic heterocycles. The van der Waals surface area contributed by atoms with Crippen molar-refractivity contribution in [1.29, 1.82) is 0 Å². The van der Waals surface area contributed by atoms with Crippen molar-refractivity contribution in [2.45, 2.75) is 0 Å². The molecule has 0 saturated carbocycles. The minimum absolute atomic E-state index is 0.0205. The second kappa shape index (κ2) is 8.63. The quantitative estimate of drug-likeness (QED) is 0.356. The molecule has 3 aromatic rings. The van der Waals surface area contributed by atoms with E-state index >= 15 is 0 Å². The molecule has 0 spiro atoms. The standard InChI is InChI=1S/C18H16F2N4O3S/c19-10-7-11(20)9-14(8-10)27-13-3-1-12(2-4-13)23-18-15(17(26)24-28-18)16(21)22-5-6-25/h1-4,7-9,23,25H,5-6H2,(H2,21,22)(H,24,26). The van der Waals surface area contributed by atoms with Gasteiger partial charge in [0.15, 0.2) is 0 Å². The number of ether oxygens (including phenoxy) is 1. The molecule has 28 heavy (non-hydrogen) atoms. The van der Waals surface area contributed by atoms with E-state index in [9.17, 15) is 13.6 Å². The molecule has 0 bridgehead atoms. The number of hydrogen-bond donors (Lipinski definition) is 4. The zero-order valence-electron chi connectivity index (χ0n) is 14.4. The Morgan fingerprint density at radius 2 is 1.86 bits per heavy atom. The van der Waals surface area contributed by atoms with E-state index in [0.717, 1.165) is 29.7 Å². The summed E-state index contributed by atoms with van der Waals surface area (Å²) in [5.74, 6) is -1.03. The third kappa shape index (κ3) is 4.72. The highest BCUT2D eigenvalue weighted by Gasteiger charge is 2.14. The van der Waals surface area contributed by atoms with Gasteiger partial charge in [-0.15, -0.1) is 0 Å². The first-order valence-corrected chi connectivity index (χ1v) is 8.91. The first-order chi connectivity index (χ1) is 13.5. The Hall–Kier alpha value is -3.24. The number of aliphatic hydroxyl groups excluding tert-OH is 1. The molecule has 1 aromatic heterocycles. The minimum Gasteiger partial charge on any atom is -0.457 e. The highest BCUT2D eigenvalue weighted by Crippen LogP contribution is 2.27. The molecule has 0 aliphatic rings. The number of H-pyrrole nitrogens is 1. The Labute approximate surface area is 162 Å². The number of nitrogens with one attached hydrogen (secondary N) is 2. The van der Waals surface area contributed by atoms with Gasteiger partial charge in [0.05, 0.1) is 13.2 Å². The maximum Gasteiger partial charge on any atom is 0.271 e. The van der Waals surface area contributed by atoms with Crippen LogP contribution in [0.2, 0.25) is 0 Å². The van der Waals surface area contributed by atoms with Gasteiger partial charge in [-0.1, -0.05) is 0 Å². The van der Waals surface area contributed by atoms with E-state index in [4.69, 9.17) is 15.6 Å². The van der Waals surface area contributed by atoms with Crippen LogP contribution in [0.5, 0.6) is 11.5 Å². The van der Waals surface area contributed by atoms with E-state index < -0.39 is 11.6 Å². The molecule has 1 heterocycles. The van der Waals surface area contributed by atoms with Gasteiger partial charge in [-0.05, 0) is 35.8 Å². The van der Waals surface area contributed by atoms with Gasteiger partial charge in [-0.2, -0.15) is 0 Å². The van der Waals surface area contributed by atoms with Crippen LogP contribution in [-0.4, -0.2) is 28.5 Å². The number of benzene rings is 2. The number of nitrogens with zero attached hydrogens (tertiary/aromatic N) is 1. The number of hydrogen-bond acceptors (Lipinski definition) is 6. The highest BCUT2D eigenvalue weighted by atomic mass is 32.1. The molecule has 0 fully saturated rings. The molecule has 146 valence electrons. The fraction of sp³-hybridized carbons (Fsp3) is 0.111. The number of rotatable bonds is 7. The number of aliphatic hydroxyl groups is 1. The van der Waals surface area contributed by atoms with E-state index in [2.05, 4.69) is 14.7 Å². The summed E-state index contributed by atoms with van der Waals surface area (Å²) < 4.78 is 34.5. The molecule has 0 atom stereocenters. The molecule has 2 aromatic carbocycles. The predicted octanol–water partition coefficient (Wildman–Crippen LogP) is 2.95. The van der Waals surface area contributed by atoms with Gasteiger partial charge in [0.2, 0.25) is 0 Å². The van der Waals surface area contributed by atoms with Crippen LogP contribution in [0.4, 0.5) is 19.5 Å². The summed E-state index contributed by atoms with van der Waals surface area (Å²) in [6, 6.07) is 9.45. The molecule has 5 N–H and O–H groups in total. The van der Waals surface area contributed by atoms with Crippen LogP contribution in [0.25, 0.3) is 0 Å². The van der Waals surface area contributed by atoms with Crippen molar-refractivity contribution in [3.63, 3.8) is 0 Å². The van der Waals surface area contributed by atoms with Gasteiger partial charge in [0, 0.05) is 23.9 Å². The van der Waals surface area contributed by atoms with Gasteiger partial charge >= 0.3 is 0 Å². The molecular weight excluding hydrogens is 390 g/mol. The number of amidine groups is 1. The summed E-state index contributed by atoms with van der Waals surface area (Å²) in [6.07, 6.45) is 0. The van der Waals surface area contributed by atoms with Crippen molar-refractivity contribution in [2.75, 3.05) is 18.5 Å². The first-order valence-electron chi connectivity index (χ1n) is 8.10. The number of halogens is 2. The molecule has 10 heteroatoms. The zero-order chi connectivity index (χ0) is 20.1. The Morgan fingerprint density at radius 3 is 2.50 bits per heavy atom. The molecular formula is C18H16F2N4O3S. The van der Waals surface area contributed by atoms with E-state index in [0.29, 0.717) is 16.4 Å². The lowest BCUT2D eigenvalue weighted by Gasteiger charge is -2.09. The summed E-state index contributed by atoms with van der Waals surface area (Å²) in [6.45, 7) is -0.0878. The van der Waals surface area contributed by atoms with Crippen LogP contribution in [0, 0.1) is 11.6 Å². The average Bonchev–Trinajstić information content (AvgIpc) is 3.01. The summed E-state index contributed by atoms with van der Waals surface area (Å²) in [7, 11) is 0. The van der Waals surface area contributed by atoms with Gasteiger partial charge in [-0.25, -0.2) is 8.78 Å². The van der Waals surface area contributed by atoms with Crippen molar-refractivity contribution in [1.82, 2.24) is 4.37 Å². The van der Waals surface area contributed by atoms with Crippen LogP contribution in [-0.2, 0) is 0 Å². The van der Waals surface area contributed by atoms with Crippen LogP contribution in [0.1, 0.15) is 5.56 Å². The van der Waals surface area contributed by atoms with Crippen molar-refractivity contribution < 1.29 is 18.6 Å². The lowest BCUT2D eigenvalue weighted by atomic mass is 10.2. The lowest BCUT2D eigenvalue weighted by molar-refractivity contribution is 0.307. The number of aromatic amines is 1. The zero-order valence-corrected chi connectivity index (χ0v) is 15.2. The second-order valence-corrected chi connectivity index (χ2v) is 6.40. The monoisotopic (exact) mass is 406 g/mol. The van der Waals surface area contributed by atoms with Crippen molar-refractivity contribution in [3.8, 4) is 11.5 Å². The van der Waals surface area contributed by atoms with E-state index in [1.807, 2.05) is 0 Å². The van der Waals surface area contributed by atoms with Gasteiger partial charge in [-0.3, -0.25) is 14.2 Å². The third-order valence-electron chi connectivity index (χ3n) is 3.52. The SMILES string of the molecule is NC(=NCCO)c1c(Nc2ccc(Oc3cc(F)cc(F)c3)cc2)s[nH]c1=O. The summed E-state index contributed by atoms with van der Waals surface area (Å²) in [4.78, 5) is 15.9. The first kappa shape index (κ1) is 19.5. The molecule has 0 saturated heterocycles. The summed E-state index contributed by atoms with van der Waals surface area (Å²) in [5.41, 5.74) is 6.25. The summed E-state index contributed by atoms with van der Waals surface area (Å²) >= 11 is 1.06.